The minimum absolute atomic E-state index is 0.331. The van der Waals surface area contributed by atoms with Gasteiger partial charge in [-0.15, -0.1) is 0 Å². The maximum Gasteiger partial charge on any atom is 0.0457 e. The monoisotopic (exact) mass is 328 g/mol. The van der Waals surface area contributed by atoms with Gasteiger partial charge in [0.1, 0.15) is 0 Å². The third-order valence-corrected chi connectivity index (χ3v) is 4.18. The highest BCUT2D eigenvalue weighted by atomic mass is 79.9. The zero-order valence-corrected chi connectivity index (χ0v) is 12.9. The van der Waals surface area contributed by atoms with E-state index in [9.17, 15) is 0 Å². The minimum Gasteiger partial charge on any atom is -0.361 e. The van der Waals surface area contributed by atoms with Crippen molar-refractivity contribution in [1.29, 1.82) is 0 Å². The number of halogens is 1. The van der Waals surface area contributed by atoms with E-state index in [0.717, 1.165) is 11.0 Å². The molecule has 0 saturated carbocycles. The lowest BCUT2D eigenvalue weighted by Crippen LogP contribution is -2.18. The largest absolute Gasteiger partial charge is 0.361 e. The Hall–Kier alpha value is -1.58. The second kappa shape index (κ2) is 5.81. The molecule has 2 N–H and O–H groups in total. The molecule has 1 heterocycles. The normalized spacial score (nSPS) is 12.7. The molecule has 3 rings (SSSR count). The van der Waals surface area contributed by atoms with Crippen molar-refractivity contribution in [3.05, 3.63) is 70.3 Å². The number of fused-ring (bicyclic) bond motifs is 1. The van der Waals surface area contributed by atoms with Crippen LogP contribution < -0.4 is 5.32 Å². The maximum atomic E-state index is 3.59. The molecule has 0 unspecified atom stereocenters. The Morgan fingerprint density at radius 2 is 1.90 bits per heavy atom. The minimum atomic E-state index is 0.331. The van der Waals surface area contributed by atoms with Crippen molar-refractivity contribution >= 4 is 26.8 Å². The molecule has 2 nitrogen and oxygen atoms in total. The molecule has 0 aliphatic rings. The molecule has 20 heavy (non-hydrogen) atoms. The number of hydrogen-bond donors (Lipinski definition) is 2. The van der Waals surface area contributed by atoms with Crippen LogP contribution in [0.3, 0.4) is 0 Å². The molecule has 0 aliphatic heterocycles. The second-order valence-electron chi connectivity index (χ2n) is 5.01. The number of nitrogens with one attached hydrogen (secondary N) is 2. The number of hydrogen-bond acceptors (Lipinski definition) is 1. The molecule has 0 bridgehead atoms. The SMILES string of the molecule is C[C@@H](NCc1cccc2[nH]ccc12)c1ccc(Br)cc1. The van der Waals surface area contributed by atoms with Crippen molar-refractivity contribution in [2.24, 2.45) is 0 Å². The van der Waals surface area contributed by atoms with Crippen molar-refractivity contribution < 1.29 is 0 Å². The Kier molecular flexibility index (Phi) is 3.90. The van der Waals surface area contributed by atoms with Crippen LogP contribution in [0.2, 0.25) is 0 Å². The molecular formula is C17H17BrN2. The van der Waals surface area contributed by atoms with E-state index >= 15 is 0 Å². The molecule has 2 aromatic carbocycles. The molecule has 1 aromatic heterocycles. The molecule has 0 saturated heterocycles. The van der Waals surface area contributed by atoms with Gasteiger partial charge >= 0.3 is 0 Å². The van der Waals surface area contributed by atoms with Gasteiger partial charge < -0.3 is 10.3 Å². The number of aromatic nitrogens is 1. The average Bonchev–Trinajstić information content (AvgIpc) is 2.94. The Morgan fingerprint density at radius 3 is 2.70 bits per heavy atom. The summed E-state index contributed by atoms with van der Waals surface area (Å²) in [5, 5.41) is 4.88. The number of H-pyrrole nitrogens is 1. The van der Waals surface area contributed by atoms with E-state index in [-0.39, 0.29) is 0 Å². The van der Waals surface area contributed by atoms with Crippen LogP contribution in [0.1, 0.15) is 24.1 Å². The molecule has 0 spiro atoms. The van der Waals surface area contributed by atoms with Crippen LogP contribution in [-0.4, -0.2) is 4.98 Å². The molecule has 102 valence electrons. The van der Waals surface area contributed by atoms with Crippen LogP contribution in [0, 0.1) is 0 Å². The summed E-state index contributed by atoms with van der Waals surface area (Å²) in [5.41, 5.74) is 3.82. The van der Waals surface area contributed by atoms with Crippen LogP contribution in [0.25, 0.3) is 10.9 Å². The lowest BCUT2D eigenvalue weighted by Gasteiger charge is -2.15. The van der Waals surface area contributed by atoms with Gasteiger partial charge in [0.05, 0.1) is 0 Å². The summed E-state index contributed by atoms with van der Waals surface area (Å²) in [6, 6.07) is 17.3. The third-order valence-electron chi connectivity index (χ3n) is 3.65. The summed E-state index contributed by atoms with van der Waals surface area (Å²) in [7, 11) is 0. The van der Waals surface area contributed by atoms with Crippen LogP contribution >= 0.6 is 15.9 Å². The quantitative estimate of drug-likeness (QED) is 0.708. The molecule has 3 heteroatoms. The summed E-state index contributed by atoms with van der Waals surface area (Å²) in [6.45, 7) is 3.06. The van der Waals surface area contributed by atoms with E-state index in [1.807, 2.05) is 6.20 Å². The van der Waals surface area contributed by atoms with Crippen LogP contribution in [0.15, 0.2) is 59.2 Å². The maximum absolute atomic E-state index is 3.59. The Labute approximate surface area is 127 Å². The molecule has 3 aromatic rings. The van der Waals surface area contributed by atoms with Gasteiger partial charge in [0.2, 0.25) is 0 Å². The van der Waals surface area contributed by atoms with Crippen molar-refractivity contribution in [3.63, 3.8) is 0 Å². The topological polar surface area (TPSA) is 27.8 Å². The highest BCUT2D eigenvalue weighted by Crippen LogP contribution is 2.20. The predicted octanol–water partition coefficient (Wildman–Crippen LogP) is 4.78. The molecule has 0 radical (unpaired) electrons. The highest BCUT2D eigenvalue weighted by molar-refractivity contribution is 9.10. The number of aromatic amines is 1. The van der Waals surface area contributed by atoms with E-state index < -0.39 is 0 Å². The van der Waals surface area contributed by atoms with Gasteiger partial charge in [0.15, 0.2) is 0 Å². The Balaban J connectivity index is 1.73. The standard InChI is InChI=1S/C17H17BrN2/c1-12(13-5-7-15(18)8-6-13)20-11-14-3-2-4-17-16(14)9-10-19-17/h2-10,12,19-20H,11H2,1H3/t12-/m1/s1. The predicted molar refractivity (Wildman–Crippen MR) is 87.7 cm³/mol. The van der Waals surface area contributed by atoms with Crippen LogP contribution in [0.4, 0.5) is 0 Å². The van der Waals surface area contributed by atoms with Crippen molar-refractivity contribution in [2.75, 3.05) is 0 Å². The first-order valence-electron chi connectivity index (χ1n) is 6.78. The molecule has 0 fully saturated rings. The fourth-order valence-corrected chi connectivity index (χ4v) is 2.70. The summed E-state index contributed by atoms with van der Waals surface area (Å²) < 4.78 is 1.12. The Morgan fingerprint density at radius 1 is 1.10 bits per heavy atom. The molecular weight excluding hydrogens is 312 g/mol. The summed E-state index contributed by atoms with van der Waals surface area (Å²) in [6.07, 6.45) is 1.99. The average molecular weight is 329 g/mol. The van der Waals surface area contributed by atoms with Gasteiger partial charge in [0.25, 0.3) is 0 Å². The van der Waals surface area contributed by atoms with Gasteiger partial charge in [-0.3, -0.25) is 0 Å². The van der Waals surface area contributed by atoms with E-state index in [4.69, 9.17) is 0 Å². The van der Waals surface area contributed by atoms with Crippen molar-refractivity contribution in [1.82, 2.24) is 10.3 Å². The smallest absolute Gasteiger partial charge is 0.0457 e. The lowest BCUT2D eigenvalue weighted by molar-refractivity contribution is 0.576. The zero-order chi connectivity index (χ0) is 13.9. The molecule has 0 amide bonds. The number of benzene rings is 2. The van der Waals surface area contributed by atoms with E-state index in [1.54, 1.807) is 0 Å². The summed E-state index contributed by atoms with van der Waals surface area (Å²) in [4.78, 5) is 3.25. The van der Waals surface area contributed by atoms with Gasteiger partial charge in [0, 0.05) is 34.2 Å². The van der Waals surface area contributed by atoms with Gasteiger partial charge in [-0.2, -0.15) is 0 Å². The van der Waals surface area contributed by atoms with Gasteiger partial charge in [-0.05, 0) is 42.3 Å². The van der Waals surface area contributed by atoms with Crippen molar-refractivity contribution in [2.45, 2.75) is 19.5 Å². The van der Waals surface area contributed by atoms with E-state index in [2.05, 4.69) is 81.7 Å². The second-order valence-corrected chi connectivity index (χ2v) is 5.93. The highest BCUT2D eigenvalue weighted by Gasteiger charge is 2.06. The van der Waals surface area contributed by atoms with Crippen LogP contribution in [-0.2, 0) is 6.54 Å². The molecule has 1 atom stereocenters. The molecule has 0 aliphatic carbocycles. The van der Waals surface area contributed by atoms with Gasteiger partial charge in [-0.25, -0.2) is 0 Å². The first-order valence-corrected chi connectivity index (χ1v) is 7.57. The van der Waals surface area contributed by atoms with Crippen molar-refractivity contribution in [3.8, 4) is 0 Å². The van der Waals surface area contributed by atoms with E-state index in [1.165, 1.54) is 22.0 Å². The lowest BCUT2D eigenvalue weighted by atomic mass is 10.1. The first-order chi connectivity index (χ1) is 9.74. The van der Waals surface area contributed by atoms with Crippen LogP contribution in [0.5, 0.6) is 0 Å². The van der Waals surface area contributed by atoms with E-state index in [0.29, 0.717) is 6.04 Å². The summed E-state index contributed by atoms with van der Waals surface area (Å²) in [5.74, 6) is 0. The summed E-state index contributed by atoms with van der Waals surface area (Å²) >= 11 is 3.47. The van der Waals surface area contributed by atoms with Gasteiger partial charge in [-0.1, -0.05) is 40.2 Å². The zero-order valence-electron chi connectivity index (χ0n) is 11.4. The fourth-order valence-electron chi connectivity index (χ4n) is 2.44. The first kappa shape index (κ1) is 13.4. The fraction of sp³-hybridized carbons (Fsp3) is 0.176. The number of rotatable bonds is 4. The Bertz CT molecular complexity index is 700. The third kappa shape index (κ3) is 2.79.